The molecule has 0 N–H and O–H groups in total. The van der Waals surface area contributed by atoms with Gasteiger partial charge in [0.15, 0.2) is 0 Å². The highest BCUT2D eigenvalue weighted by molar-refractivity contribution is 4.91. The number of hydrogen-bond acceptors (Lipinski definition) is 3. The molecule has 0 bridgehead atoms. The summed E-state index contributed by atoms with van der Waals surface area (Å²) in [6.45, 7) is 8.66. The molecular formula is C15H30O3. The van der Waals surface area contributed by atoms with Crippen molar-refractivity contribution in [2.45, 2.75) is 52.1 Å². The predicted octanol–water partition coefficient (Wildman–Crippen LogP) is 3.27. The number of rotatable bonds is 9. The van der Waals surface area contributed by atoms with Gasteiger partial charge in [0.1, 0.15) is 0 Å². The number of hydrogen-bond donors (Lipinski definition) is 0. The molecule has 3 heteroatoms. The zero-order chi connectivity index (χ0) is 13.6. The summed E-state index contributed by atoms with van der Waals surface area (Å²) >= 11 is 0. The first-order valence-corrected chi connectivity index (χ1v) is 7.11. The van der Waals surface area contributed by atoms with E-state index < -0.39 is 0 Å². The second-order valence-corrected chi connectivity index (χ2v) is 6.26. The van der Waals surface area contributed by atoms with Gasteiger partial charge in [-0.2, -0.15) is 0 Å². The molecule has 1 saturated carbocycles. The van der Waals surface area contributed by atoms with Gasteiger partial charge in [0, 0.05) is 19.6 Å². The van der Waals surface area contributed by atoms with E-state index in [9.17, 15) is 0 Å². The van der Waals surface area contributed by atoms with Crippen LogP contribution in [0.4, 0.5) is 0 Å². The van der Waals surface area contributed by atoms with Crippen molar-refractivity contribution in [3.63, 3.8) is 0 Å². The molecule has 1 aliphatic rings. The molecule has 1 fully saturated rings. The molecule has 18 heavy (non-hydrogen) atoms. The summed E-state index contributed by atoms with van der Waals surface area (Å²) in [5.41, 5.74) is -0.0231. The molecule has 108 valence electrons. The molecule has 0 aromatic heterocycles. The first-order valence-electron chi connectivity index (χ1n) is 7.11. The van der Waals surface area contributed by atoms with Crippen LogP contribution in [-0.2, 0) is 14.2 Å². The maximum atomic E-state index is 6.15. The van der Waals surface area contributed by atoms with Crippen molar-refractivity contribution in [3.05, 3.63) is 0 Å². The fourth-order valence-corrected chi connectivity index (χ4v) is 2.52. The third-order valence-corrected chi connectivity index (χ3v) is 4.44. The highest BCUT2D eigenvalue weighted by atomic mass is 16.5. The SMILES string of the molecule is CCC(C)(C)OCC(COC)(COC)C1CCC1. The van der Waals surface area contributed by atoms with Crippen LogP contribution in [0.2, 0.25) is 0 Å². The van der Waals surface area contributed by atoms with E-state index >= 15 is 0 Å². The van der Waals surface area contributed by atoms with Crippen molar-refractivity contribution in [2.24, 2.45) is 11.3 Å². The first-order chi connectivity index (χ1) is 8.49. The average molecular weight is 258 g/mol. The van der Waals surface area contributed by atoms with Gasteiger partial charge in [0.25, 0.3) is 0 Å². The minimum absolute atomic E-state index is 0.0359. The molecule has 0 saturated heterocycles. The van der Waals surface area contributed by atoms with Crippen LogP contribution < -0.4 is 0 Å². The number of methoxy groups -OCH3 is 2. The molecule has 0 aromatic rings. The van der Waals surface area contributed by atoms with Gasteiger partial charge in [0.05, 0.1) is 25.4 Å². The molecule has 0 atom stereocenters. The highest BCUT2D eigenvalue weighted by Crippen LogP contribution is 2.43. The van der Waals surface area contributed by atoms with Gasteiger partial charge in [-0.3, -0.25) is 0 Å². The standard InChI is InChI=1S/C15H30O3/c1-6-14(2,3)18-12-15(10-16-4,11-17-5)13-8-7-9-13/h13H,6-12H2,1-5H3. The Balaban J connectivity index is 2.68. The lowest BCUT2D eigenvalue weighted by Gasteiger charge is -2.45. The van der Waals surface area contributed by atoms with Crippen molar-refractivity contribution in [1.29, 1.82) is 0 Å². The molecular weight excluding hydrogens is 228 g/mol. The van der Waals surface area contributed by atoms with E-state index in [4.69, 9.17) is 14.2 Å². The van der Waals surface area contributed by atoms with Gasteiger partial charge in [-0.25, -0.2) is 0 Å². The van der Waals surface area contributed by atoms with E-state index in [2.05, 4.69) is 20.8 Å². The van der Waals surface area contributed by atoms with Gasteiger partial charge in [-0.1, -0.05) is 13.3 Å². The van der Waals surface area contributed by atoms with Crippen LogP contribution in [0.1, 0.15) is 46.5 Å². The van der Waals surface area contributed by atoms with Crippen molar-refractivity contribution >= 4 is 0 Å². The Labute approximate surface area is 112 Å². The fourth-order valence-electron chi connectivity index (χ4n) is 2.52. The first kappa shape index (κ1) is 15.9. The van der Waals surface area contributed by atoms with E-state index in [1.807, 2.05) is 0 Å². The normalized spacial score (nSPS) is 17.8. The zero-order valence-electron chi connectivity index (χ0n) is 12.8. The second kappa shape index (κ2) is 6.88. The molecule has 1 rings (SSSR count). The van der Waals surface area contributed by atoms with Crippen LogP contribution in [0.3, 0.4) is 0 Å². The van der Waals surface area contributed by atoms with Gasteiger partial charge >= 0.3 is 0 Å². The Bertz CT molecular complexity index is 228. The largest absolute Gasteiger partial charge is 0.384 e. The molecule has 0 amide bonds. The molecule has 3 nitrogen and oxygen atoms in total. The second-order valence-electron chi connectivity index (χ2n) is 6.26. The monoisotopic (exact) mass is 258 g/mol. The van der Waals surface area contributed by atoms with Crippen LogP contribution in [0.25, 0.3) is 0 Å². The molecule has 1 aliphatic carbocycles. The van der Waals surface area contributed by atoms with Crippen LogP contribution in [0, 0.1) is 11.3 Å². The average Bonchev–Trinajstić information content (AvgIpc) is 2.25. The maximum Gasteiger partial charge on any atom is 0.0624 e. The maximum absolute atomic E-state index is 6.15. The molecule has 0 spiro atoms. The van der Waals surface area contributed by atoms with Crippen LogP contribution in [0.15, 0.2) is 0 Å². The van der Waals surface area contributed by atoms with E-state index in [0.29, 0.717) is 5.92 Å². The van der Waals surface area contributed by atoms with Gasteiger partial charge in [-0.05, 0) is 39.0 Å². The molecule has 0 heterocycles. The third kappa shape index (κ3) is 3.94. The minimum Gasteiger partial charge on any atom is -0.384 e. The lowest BCUT2D eigenvalue weighted by atomic mass is 9.66. The Kier molecular flexibility index (Phi) is 6.09. The Morgan fingerprint density at radius 2 is 1.56 bits per heavy atom. The summed E-state index contributed by atoms with van der Waals surface area (Å²) in [7, 11) is 3.54. The number of ether oxygens (including phenoxy) is 3. The minimum atomic E-state index is -0.0590. The Hall–Kier alpha value is -0.120. The summed E-state index contributed by atoms with van der Waals surface area (Å²) in [6, 6.07) is 0. The van der Waals surface area contributed by atoms with Gasteiger partial charge in [0.2, 0.25) is 0 Å². The summed E-state index contributed by atoms with van der Waals surface area (Å²) in [5, 5.41) is 0. The van der Waals surface area contributed by atoms with Crippen LogP contribution in [0.5, 0.6) is 0 Å². The van der Waals surface area contributed by atoms with Crippen LogP contribution in [-0.4, -0.2) is 39.6 Å². The third-order valence-electron chi connectivity index (χ3n) is 4.44. The van der Waals surface area contributed by atoms with E-state index in [0.717, 1.165) is 26.2 Å². The topological polar surface area (TPSA) is 27.7 Å². The van der Waals surface area contributed by atoms with Crippen molar-refractivity contribution in [2.75, 3.05) is 34.0 Å². The predicted molar refractivity (Wildman–Crippen MR) is 73.8 cm³/mol. The fraction of sp³-hybridized carbons (Fsp3) is 1.00. The van der Waals surface area contributed by atoms with E-state index in [1.165, 1.54) is 19.3 Å². The van der Waals surface area contributed by atoms with Gasteiger partial charge in [-0.15, -0.1) is 0 Å². The molecule has 0 radical (unpaired) electrons. The summed E-state index contributed by atoms with van der Waals surface area (Å²) in [5.74, 6) is 0.685. The molecule has 0 aliphatic heterocycles. The van der Waals surface area contributed by atoms with Crippen molar-refractivity contribution < 1.29 is 14.2 Å². The van der Waals surface area contributed by atoms with Crippen molar-refractivity contribution in [1.82, 2.24) is 0 Å². The van der Waals surface area contributed by atoms with Gasteiger partial charge < -0.3 is 14.2 Å². The summed E-state index contributed by atoms with van der Waals surface area (Å²) in [6.07, 6.45) is 4.91. The van der Waals surface area contributed by atoms with Crippen molar-refractivity contribution in [3.8, 4) is 0 Å². The zero-order valence-corrected chi connectivity index (χ0v) is 12.8. The Morgan fingerprint density at radius 1 is 1.00 bits per heavy atom. The quantitative estimate of drug-likeness (QED) is 0.635. The summed E-state index contributed by atoms with van der Waals surface area (Å²) in [4.78, 5) is 0. The molecule has 0 unspecified atom stereocenters. The van der Waals surface area contributed by atoms with Crippen LogP contribution >= 0.6 is 0 Å². The summed E-state index contributed by atoms with van der Waals surface area (Å²) < 4.78 is 17.1. The lowest BCUT2D eigenvalue weighted by molar-refractivity contribution is -0.138. The smallest absolute Gasteiger partial charge is 0.0624 e. The van der Waals surface area contributed by atoms with E-state index in [-0.39, 0.29) is 11.0 Å². The Morgan fingerprint density at radius 3 is 1.89 bits per heavy atom. The highest BCUT2D eigenvalue weighted by Gasteiger charge is 2.43. The molecule has 0 aromatic carbocycles. The van der Waals surface area contributed by atoms with E-state index in [1.54, 1.807) is 14.2 Å². The lowest BCUT2D eigenvalue weighted by Crippen LogP contribution is -2.47.